The van der Waals surface area contributed by atoms with Gasteiger partial charge in [0.25, 0.3) is 15.9 Å². The van der Waals surface area contributed by atoms with Gasteiger partial charge in [-0.05, 0) is 32.5 Å². The Morgan fingerprint density at radius 2 is 2.10 bits per heavy atom. The van der Waals surface area contributed by atoms with Gasteiger partial charge in [-0.25, -0.2) is 13.1 Å². The zero-order valence-corrected chi connectivity index (χ0v) is 12.4. The SMILES string of the molecule is CNS(=O)(=O)c1ccc(C(=O)N2CC[C@](C)(C(=O)O)C2)o1. The molecule has 8 nitrogen and oxygen atoms in total. The van der Waals surface area contributed by atoms with Gasteiger partial charge in [-0.3, -0.25) is 9.59 Å². The van der Waals surface area contributed by atoms with Crippen molar-refractivity contribution in [2.75, 3.05) is 20.1 Å². The first-order chi connectivity index (χ1) is 9.69. The molecular formula is C12H16N2O6S. The van der Waals surface area contributed by atoms with E-state index in [0.29, 0.717) is 6.42 Å². The number of amides is 1. The highest BCUT2D eigenvalue weighted by Crippen LogP contribution is 2.31. The van der Waals surface area contributed by atoms with Gasteiger partial charge in [-0.15, -0.1) is 0 Å². The Balaban J connectivity index is 2.18. The van der Waals surface area contributed by atoms with Crippen LogP contribution in [0, 0.1) is 5.41 Å². The summed E-state index contributed by atoms with van der Waals surface area (Å²) in [4.78, 5) is 24.7. The van der Waals surface area contributed by atoms with E-state index < -0.39 is 27.3 Å². The molecule has 1 aromatic rings. The van der Waals surface area contributed by atoms with Crippen molar-refractivity contribution in [3.8, 4) is 0 Å². The van der Waals surface area contributed by atoms with Crippen molar-refractivity contribution in [2.24, 2.45) is 5.41 Å². The number of hydrogen-bond acceptors (Lipinski definition) is 5. The molecule has 1 aromatic heterocycles. The fraction of sp³-hybridized carbons (Fsp3) is 0.500. The molecule has 2 N–H and O–H groups in total. The number of hydrogen-bond donors (Lipinski definition) is 2. The average Bonchev–Trinajstić information content (AvgIpc) is 3.05. The third-order valence-electron chi connectivity index (χ3n) is 3.60. The van der Waals surface area contributed by atoms with Crippen LogP contribution in [0.2, 0.25) is 0 Å². The molecule has 0 unspecified atom stereocenters. The monoisotopic (exact) mass is 316 g/mol. The van der Waals surface area contributed by atoms with Gasteiger partial charge in [0.1, 0.15) is 0 Å². The molecule has 9 heteroatoms. The Morgan fingerprint density at radius 1 is 1.43 bits per heavy atom. The lowest BCUT2D eigenvalue weighted by Crippen LogP contribution is -2.34. The van der Waals surface area contributed by atoms with Crippen molar-refractivity contribution < 1.29 is 27.5 Å². The van der Waals surface area contributed by atoms with Crippen molar-refractivity contribution in [3.05, 3.63) is 17.9 Å². The number of rotatable bonds is 4. The van der Waals surface area contributed by atoms with Crippen LogP contribution in [0.25, 0.3) is 0 Å². The fourth-order valence-electron chi connectivity index (χ4n) is 2.14. The first-order valence-electron chi connectivity index (χ1n) is 6.26. The fourth-order valence-corrected chi connectivity index (χ4v) is 2.79. The second-order valence-corrected chi connectivity index (χ2v) is 6.99. The van der Waals surface area contributed by atoms with E-state index in [-0.39, 0.29) is 23.9 Å². The summed E-state index contributed by atoms with van der Waals surface area (Å²) in [5, 5.41) is 8.78. The number of sulfonamides is 1. The second kappa shape index (κ2) is 5.15. The van der Waals surface area contributed by atoms with E-state index in [1.165, 1.54) is 24.1 Å². The maximum Gasteiger partial charge on any atom is 0.311 e. The number of carbonyl (C=O) groups is 2. The van der Waals surface area contributed by atoms with Crippen LogP contribution in [0.4, 0.5) is 0 Å². The molecule has 21 heavy (non-hydrogen) atoms. The van der Waals surface area contributed by atoms with E-state index in [1.54, 1.807) is 6.92 Å². The Bertz CT molecular complexity index is 680. The number of aliphatic carboxylic acids is 1. The van der Waals surface area contributed by atoms with Gasteiger partial charge in [-0.1, -0.05) is 0 Å². The molecule has 0 aliphatic carbocycles. The highest BCUT2D eigenvalue weighted by atomic mass is 32.2. The number of nitrogens with zero attached hydrogens (tertiary/aromatic N) is 1. The summed E-state index contributed by atoms with van der Waals surface area (Å²) in [7, 11) is -2.52. The molecule has 0 aromatic carbocycles. The minimum atomic E-state index is -3.75. The van der Waals surface area contributed by atoms with Gasteiger partial charge in [0, 0.05) is 13.1 Å². The van der Waals surface area contributed by atoms with Crippen LogP contribution in [-0.2, 0) is 14.8 Å². The van der Waals surface area contributed by atoms with Gasteiger partial charge in [-0.2, -0.15) is 0 Å². The van der Waals surface area contributed by atoms with E-state index in [2.05, 4.69) is 4.72 Å². The van der Waals surface area contributed by atoms with Crippen LogP contribution in [0.1, 0.15) is 23.9 Å². The summed E-state index contributed by atoms with van der Waals surface area (Å²) < 4.78 is 30.2. The molecule has 2 heterocycles. The molecule has 1 fully saturated rings. The van der Waals surface area contributed by atoms with E-state index in [0.717, 1.165) is 0 Å². The molecule has 1 atom stereocenters. The van der Waals surface area contributed by atoms with Gasteiger partial charge < -0.3 is 14.4 Å². The Labute approximate surface area is 121 Å². The summed E-state index contributed by atoms with van der Waals surface area (Å²) >= 11 is 0. The van der Waals surface area contributed by atoms with Crippen molar-refractivity contribution in [3.63, 3.8) is 0 Å². The predicted octanol–water partition coefficient (Wildman–Crippen LogP) is 0.124. The number of carboxylic acid groups (broad SMARTS) is 1. The topological polar surface area (TPSA) is 117 Å². The largest absolute Gasteiger partial charge is 0.481 e. The van der Waals surface area contributed by atoms with Crippen molar-refractivity contribution in [1.29, 1.82) is 0 Å². The molecule has 0 spiro atoms. The normalized spacial score (nSPS) is 22.5. The lowest BCUT2D eigenvalue weighted by atomic mass is 9.90. The van der Waals surface area contributed by atoms with Crippen LogP contribution in [0.5, 0.6) is 0 Å². The molecule has 2 rings (SSSR count). The molecule has 116 valence electrons. The summed E-state index contributed by atoms with van der Waals surface area (Å²) in [5.74, 6) is -1.60. The minimum absolute atomic E-state index is 0.0655. The minimum Gasteiger partial charge on any atom is -0.481 e. The number of carboxylic acids is 1. The van der Waals surface area contributed by atoms with Crippen LogP contribution in [0.3, 0.4) is 0 Å². The zero-order chi connectivity index (χ0) is 15.8. The number of nitrogens with one attached hydrogen (secondary N) is 1. The molecule has 1 saturated heterocycles. The third kappa shape index (κ3) is 2.79. The Morgan fingerprint density at radius 3 is 2.62 bits per heavy atom. The highest BCUT2D eigenvalue weighted by molar-refractivity contribution is 7.89. The average molecular weight is 316 g/mol. The molecule has 0 bridgehead atoms. The van der Waals surface area contributed by atoms with Crippen LogP contribution in [-0.4, -0.2) is 50.4 Å². The lowest BCUT2D eigenvalue weighted by molar-refractivity contribution is -0.147. The first kappa shape index (κ1) is 15.5. The molecule has 0 radical (unpaired) electrons. The quantitative estimate of drug-likeness (QED) is 0.815. The summed E-state index contributed by atoms with van der Waals surface area (Å²) in [6, 6.07) is 2.45. The maximum atomic E-state index is 12.2. The lowest BCUT2D eigenvalue weighted by Gasteiger charge is -2.19. The van der Waals surface area contributed by atoms with Gasteiger partial charge >= 0.3 is 5.97 Å². The van der Waals surface area contributed by atoms with E-state index >= 15 is 0 Å². The van der Waals surface area contributed by atoms with Crippen molar-refractivity contribution in [2.45, 2.75) is 18.4 Å². The Kier molecular flexibility index (Phi) is 3.81. The zero-order valence-electron chi connectivity index (χ0n) is 11.6. The molecule has 1 amide bonds. The highest BCUT2D eigenvalue weighted by Gasteiger charge is 2.42. The molecule has 0 saturated carbocycles. The maximum absolute atomic E-state index is 12.2. The number of carbonyl (C=O) groups excluding carboxylic acids is 1. The summed E-state index contributed by atoms with van der Waals surface area (Å²) in [6.07, 6.45) is 0.344. The smallest absolute Gasteiger partial charge is 0.311 e. The van der Waals surface area contributed by atoms with Crippen LogP contribution in [0.15, 0.2) is 21.6 Å². The summed E-state index contributed by atoms with van der Waals surface area (Å²) in [5.41, 5.74) is -0.984. The second-order valence-electron chi connectivity index (χ2n) is 5.17. The third-order valence-corrected chi connectivity index (χ3v) is 4.89. The Hall–Kier alpha value is -1.87. The van der Waals surface area contributed by atoms with Crippen LogP contribution < -0.4 is 4.72 Å². The van der Waals surface area contributed by atoms with E-state index in [4.69, 9.17) is 9.52 Å². The van der Waals surface area contributed by atoms with E-state index in [1.807, 2.05) is 0 Å². The van der Waals surface area contributed by atoms with E-state index in [9.17, 15) is 18.0 Å². The molecule has 1 aliphatic heterocycles. The van der Waals surface area contributed by atoms with Gasteiger partial charge in [0.05, 0.1) is 5.41 Å². The van der Waals surface area contributed by atoms with Crippen molar-refractivity contribution >= 4 is 21.9 Å². The summed E-state index contributed by atoms with van der Waals surface area (Å²) in [6.45, 7) is 1.92. The molecule has 1 aliphatic rings. The van der Waals surface area contributed by atoms with Crippen molar-refractivity contribution in [1.82, 2.24) is 9.62 Å². The number of likely N-dealkylation sites (tertiary alicyclic amines) is 1. The number of furan rings is 1. The van der Waals surface area contributed by atoms with Gasteiger partial charge in [0.2, 0.25) is 5.09 Å². The van der Waals surface area contributed by atoms with Gasteiger partial charge in [0.15, 0.2) is 5.76 Å². The standard InChI is InChI=1S/C12H16N2O6S/c1-12(11(16)17)5-6-14(7-12)10(15)8-3-4-9(20-8)21(18,19)13-2/h3-4,13H,5-7H2,1-2H3,(H,16,17)/t12-/m0/s1. The molecular weight excluding hydrogens is 300 g/mol. The van der Waals surface area contributed by atoms with Crippen LogP contribution >= 0.6 is 0 Å². The predicted molar refractivity (Wildman–Crippen MR) is 71.2 cm³/mol. The first-order valence-corrected chi connectivity index (χ1v) is 7.74.